The Kier molecular flexibility index (Phi) is 8.65. The summed E-state index contributed by atoms with van der Waals surface area (Å²) in [6, 6.07) is 21.6. The smallest absolute Gasteiger partial charge is 0.169 e. The lowest BCUT2D eigenvalue weighted by atomic mass is 9.94. The normalized spacial score (nSPS) is 16.3. The van der Waals surface area contributed by atoms with E-state index in [9.17, 15) is 4.39 Å². The van der Waals surface area contributed by atoms with E-state index in [1.807, 2.05) is 43.3 Å². The van der Waals surface area contributed by atoms with Gasteiger partial charge in [0.15, 0.2) is 5.16 Å². The van der Waals surface area contributed by atoms with Gasteiger partial charge in [-0.25, -0.2) is 9.37 Å². The van der Waals surface area contributed by atoms with E-state index < -0.39 is 0 Å². The number of halogens is 2. The number of likely N-dealkylation sites (tertiary alicyclic amines) is 1. The van der Waals surface area contributed by atoms with E-state index in [1.165, 1.54) is 11.1 Å². The van der Waals surface area contributed by atoms with Crippen LogP contribution in [0.3, 0.4) is 0 Å². The Morgan fingerprint density at radius 2 is 1.82 bits per heavy atom. The average molecular weight is 563 g/mol. The minimum atomic E-state index is -0.182. The van der Waals surface area contributed by atoms with Gasteiger partial charge in [0.1, 0.15) is 5.82 Å². The van der Waals surface area contributed by atoms with Crippen molar-refractivity contribution in [2.75, 3.05) is 18.4 Å². The molecular formula is C32H36ClFN4S. The molecule has 1 aromatic heterocycles. The van der Waals surface area contributed by atoms with E-state index in [0.29, 0.717) is 10.9 Å². The maximum Gasteiger partial charge on any atom is 0.169 e. The van der Waals surface area contributed by atoms with Crippen LogP contribution in [0, 0.1) is 18.7 Å². The Morgan fingerprint density at radius 3 is 2.54 bits per heavy atom. The Morgan fingerprint density at radius 1 is 1.10 bits per heavy atom. The summed E-state index contributed by atoms with van der Waals surface area (Å²) >= 11 is 8.18. The van der Waals surface area contributed by atoms with Gasteiger partial charge in [-0.05, 0) is 100 Å². The standard InChI is InChI=1S/C32H36ClFN4S/c1-21-9-14-29(28(33)19-21)35-22(2)24(4)39-32-36-30-7-5-6-8-31(30)38(32)20-25-15-17-37(18-16-25)23(3)26-10-12-27(34)13-11-26/h5-14,19,23-25,35H,2,15-18,20H2,1,3-4H3. The van der Waals surface area contributed by atoms with E-state index in [0.717, 1.165) is 60.1 Å². The molecule has 0 spiro atoms. The highest BCUT2D eigenvalue weighted by Crippen LogP contribution is 2.34. The summed E-state index contributed by atoms with van der Waals surface area (Å²) < 4.78 is 15.8. The number of nitrogens with one attached hydrogen (secondary N) is 1. The van der Waals surface area contributed by atoms with Crippen molar-refractivity contribution in [2.45, 2.75) is 56.6 Å². The van der Waals surface area contributed by atoms with Crippen LogP contribution in [0.5, 0.6) is 0 Å². The lowest BCUT2D eigenvalue weighted by Crippen LogP contribution is -2.36. The van der Waals surface area contributed by atoms with E-state index in [1.54, 1.807) is 23.9 Å². The predicted molar refractivity (Wildman–Crippen MR) is 163 cm³/mol. The minimum absolute atomic E-state index is 0.0938. The molecule has 2 heterocycles. The third-order valence-corrected chi connectivity index (χ3v) is 9.28. The number of imidazole rings is 1. The molecule has 4 nitrogen and oxygen atoms in total. The molecule has 1 N–H and O–H groups in total. The molecule has 1 saturated heterocycles. The van der Waals surface area contributed by atoms with Crippen LogP contribution in [0.15, 0.2) is 84.2 Å². The number of hydrogen-bond acceptors (Lipinski definition) is 4. The van der Waals surface area contributed by atoms with Crippen LogP contribution < -0.4 is 5.32 Å². The fourth-order valence-corrected chi connectivity index (χ4v) is 6.53. The second kappa shape index (κ2) is 12.2. The lowest BCUT2D eigenvalue weighted by Gasteiger charge is -2.36. The molecule has 3 aromatic carbocycles. The molecule has 0 amide bonds. The highest BCUT2D eigenvalue weighted by molar-refractivity contribution is 8.00. The van der Waals surface area contributed by atoms with Gasteiger partial charge in [-0.2, -0.15) is 0 Å². The van der Waals surface area contributed by atoms with Gasteiger partial charge in [0, 0.05) is 23.5 Å². The van der Waals surface area contributed by atoms with E-state index >= 15 is 0 Å². The minimum Gasteiger partial charge on any atom is -0.357 e. The van der Waals surface area contributed by atoms with Crippen molar-refractivity contribution in [2.24, 2.45) is 5.92 Å². The van der Waals surface area contributed by atoms with Crippen molar-refractivity contribution in [3.8, 4) is 0 Å². The Hall–Kier alpha value is -2.80. The molecule has 1 aliphatic rings. The van der Waals surface area contributed by atoms with Crippen LogP contribution in [0.1, 0.15) is 43.9 Å². The summed E-state index contributed by atoms with van der Waals surface area (Å²) in [4.78, 5) is 7.53. The van der Waals surface area contributed by atoms with Crippen molar-refractivity contribution >= 4 is 40.1 Å². The van der Waals surface area contributed by atoms with Crippen molar-refractivity contribution in [1.29, 1.82) is 0 Å². The average Bonchev–Trinajstić information content (AvgIpc) is 3.27. The second-order valence-electron chi connectivity index (χ2n) is 10.6. The van der Waals surface area contributed by atoms with Crippen LogP contribution in [-0.2, 0) is 6.54 Å². The molecule has 0 radical (unpaired) electrons. The van der Waals surface area contributed by atoms with Crippen LogP contribution >= 0.6 is 23.4 Å². The van der Waals surface area contributed by atoms with Crippen LogP contribution in [0.4, 0.5) is 10.1 Å². The summed E-state index contributed by atoms with van der Waals surface area (Å²) in [7, 11) is 0. The number of thioether (sulfide) groups is 1. The zero-order chi connectivity index (χ0) is 27.5. The number of rotatable bonds is 9. The SMILES string of the molecule is C=C(Nc1ccc(C)cc1Cl)C(C)Sc1nc2ccccc2n1CC1CCN(C(C)c2ccc(F)cc2)CC1. The maximum atomic E-state index is 13.4. The summed E-state index contributed by atoms with van der Waals surface area (Å²) in [5.74, 6) is 0.389. The van der Waals surface area contributed by atoms with Gasteiger partial charge < -0.3 is 9.88 Å². The first-order valence-electron chi connectivity index (χ1n) is 13.6. The van der Waals surface area contributed by atoms with Crippen molar-refractivity contribution in [1.82, 2.24) is 14.5 Å². The number of benzene rings is 3. The molecule has 0 saturated carbocycles. The van der Waals surface area contributed by atoms with Gasteiger partial charge in [-0.15, -0.1) is 0 Å². The van der Waals surface area contributed by atoms with Gasteiger partial charge in [-0.1, -0.05) is 60.3 Å². The third-order valence-electron chi connectivity index (χ3n) is 7.80. The van der Waals surface area contributed by atoms with Gasteiger partial charge >= 0.3 is 0 Å². The number of anilines is 1. The zero-order valence-corrected chi connectivity index (χ0v) is 24.4. The number of nitrogens with zero attached hydrogens (tertiary/aromatic N) is 3. The van der Waals surface area contributed by atoms with Crippen LogP contribution in [-0.4, -0.2) is 32.8 Å². The first kappa shape index (κ1) is 27.8. The molecular weight excluding hydrogens is 527 g/mol. The number of piperidine rings is 1. The topological polar surface area (TPSA) is 33.1 Å². The molecule has 4 aromatic rings. The van der Waals surface area contributed by atoms with Crippen LogP contribution in [0.2, 0.25) is 5.02 Å². The van der Waals surface area contributed by atoms with Crippen molar-refractivity contribution < 1.29 is 4.39 Å². The molecule has 5 rings (SSSR count). The monoisotopic (exact) mass is 562 g/mol. The van der Waals surface area contributed by atoms with Gasteiger partial charge in [0.2, 0.25) is 0 Å². The van der Waals surface area contributed by atoms with Crippen molar-refractivity contribution in [3.63, 3.8) is 0 Å². The quantitative estimate of drug-likeness (QED) is 0.207. The van der Waals surface area contributed by atoms with E-state index in [2.05, 4.69) is 53.4 Å². The number of aromatic nitrogens is 2. The van der Waals surface area contributed by atoms with Crippen LogP contribution in [0.25, 0.3) is 11.0 Å². The Balaban J connectivity index is 1.26. The molecule has 1 fully saturated rings. The lowest BCUT2D eigenvalue weighted by molar-refractivity contribution is 0.133. The second-order valence-corrected chi connectivity index (χ2v) is 12.3. The maximum absolute atomic E-state index is 13.4. The molecule has 204 valence electrons. The number of aryl methyl sites for hydroxylation is 1. The van der Waals surface area contributed by atoms with Gasteiger partial charge in [0.25, 0.3) is 0 Å². The molecule has 1 aliphatic heterocycles. The highest BCUT2D eigenvalue weighted by atomic mass is 35.5. The summed E-state index contributed by atoms with van der Waals surface area (Å²) in [6.07, 6.45) is 2.25. The molecule has 2 unspecified atom stereocenters. The van der Waals surface area contributed by atoms with E-state index in [4.69, 9.17) is 16.6 Å². The number of para-hydroxylation sites is 2. The Bertz CT molecular complexity index is 1440. The van der Waals surface area contributed by atoms with Gasteiger partial charge in [-0.3, -0.25) is 4.90 Å². The number of hydrogen-bond donors (Lipinski definition) is 1. The highest BCUT2D eigenvalue weighted by Gasteiger charge is 2.26. The van der Waals surface area contributed by atoms with Gasteiger partial charge in [0.05, 0.1) is 21.7 Å². The first-order valence-corrected chi connectivity index (χ1v) is 14.9. The third kappa shape index (κ3) is 6.51. The molecule has 7 heteroatoms. The fraction of sp³-hybridized carbons (Fsp3) is 0.344. The fourth-order valence-electron chi connectivity index (χ4n) is 5.28. The summed E-state index contributed by atoms with van der Waals surface area (Å²) in [5.41, 5.74) is 6.26. The van der Waals surface area contributed by atoms with Crippen molar-refractivity contribution in [3.05, 3.63) is 101 Å². The summed E-state index contributed by atoms with van der Waals surface area (Å²) in [6.45, 7) is 13.7. The zero-order valence-electron chi connectivity index (χ0n) is 22.8. The number of fused-ring (bicyclic) bond motifs is 1. The largest absolute Gasteiger partial charge is 0.357 e. The molecule has 0 bridgehead atoms. The Labute approximate surface area is 240 Å². The van der Waals surface area contributed by atoms with E-state index in [-0.39, 0.29) is 17.1 Å². The predicted octanol–water partition coefficient (Wildman–Crippen LogP) is 8.72. The molecule has 2 atom stereocenters. The summed E-state index contributed by atoms with van der Waals surface area (Å²) in [5, 5.41) is 5.22. The molecule has 0 aliphatic carbocycles. The molecule has 39 heavy (non-hydrogen) atoms. The first-order chi connectivity index (χ1) is 18.8.